The number of pyridine rings is 1. The van der Waals surface area contributed by atoms with Crippen LogP contribution in [0.25, 0.3) is 22.4 Å². The molecule has 1 amide bonds. The lowest BCUT2D eigenvalue weighted by Gasteiger charge is -2.46. The molecular formula is C29H36N6O2. The second-order valence-electron chi connectivity index (χ2n) is 10.4. The van der Waals surface area contributed by atoms with Crippen molar-refractivity contribution in [3.63, 3.8) is 0 Å². The number of hydrogen-bond acceptors (Lipinski definition) is 7. The monoisotopic (exact) mass is 500 g/mol. The highest BCUT2D eigenvalue weighted by Crippen LogP contribution is 2.42. The first-order valence-electron chi connectivity index (χ1n) is 13.1. The van der Waals surface area contributed by atoms with Crippen molar-refractivity contribution < 1.29 is 9.53 Å². The number of nitrogen functional groups attached to an aromatic ring is 1. The fourth-order valence-electron chi connectivity index (χ4n) is 5.73. The molecule has 2 saturated heterocycles. The van der Waals surface area contributed by atoms with Crippen LogP contribution in [0, 0.1) is 5.41 Å². The largest absolute Gasteiger partial charge is 0.496 e. The molecule has 8 nitrogen and oxygen atoms in total. The topological polar surface area (TPSA) is 97.5 Å². The van der Waals surface area contributed by atoms with Crippen LogP contribution in [0.2, 0.25) is 0 Å². The van der Waals surface area contributed by atoms with Gasteiger partial charge in [-0.3, -0.25) is 4.79 Å². The normalized spacial score (nSPS) is 17.6. The SMILES string of the molecule is CCc1ncnc(-c2ccc(C(=O)N3CCC4(CCN(C)CC4)CC3)c(OC)c2)c1-c1ccc(N)nc1. The summed E-state index contributed by atoms with van der Waals surface area (Å²) in [6, 6.07) is 9.45. The van der Waals surface area contributed by atoms with Gasteiger partial charge >= 0.3 is 0 Å². The van der Waals surface area contributed by atoms with E-state index in [-0.39, 0.29) is 5.91 Å². The van der Waals surface area contributed by atoms with Crippen molar-refractivity contribution in [3.8, 4) is 28.1 Å². The minimum Gasteiger partial charge on any atom is -0.496 e. The Morgan fingerprint density at radius 3 is 2.35 bits per heavy atom. The summed E-state index contributed by atoms with van der Waals surface area (Å²) >= 11 is 0. The van der Waals surface area contributed by atoms with E-state index in [0.717, 1.165) is 73.5 Å². The molecule has 4 heterocycles. The van der Waals surface area contributed by atoms with Crippen LogP contribution in [0.4, 0.5) is 5.82 Å². The zero-order valence-electron chi connectivity index (χ0n) is 22.0. The number of anilines is 1. The summed E-state index contributed by atoms with van der Waals surface area (Å²) in [6.45, 7) is 5.97. The number of rotatable bonds is 5. The summed E-state index contributed by atoms with van der Waals surface area (Å²) in [5.74, 6) is 1.05. The van der Waals surface area contributed by atoms with Crippen molar-refractivity contribution in [2.75, 3.05) is 46.1 Å². The molecule has 2 aromatic heterocycles. The Labute approximate surface area is 218 Å². The van der Waals surface area contributed by atoms with Crippen LogP contribution < -0.4 is 10.5 Å². The lowest BCUT2D eigenvalue weighted by atomic mass is 9.71. The highest BCUT2D eigenvalue weighted by atomic mass is 16.5. The molecule has 0 radical (unpaired) electrons. The van der Waals surface area contributed by atoms with E-state index in [9.17, 15) is 4.79 Å². The van der Waals surface area contributed by atoms with Gasteiger partial charge in [-0.25, -0.2) is 15.0 Å². The van der Waals surface area contributed by atoms with E-state index in [1.54, 1.807) is 25.7 Å². The van der Waals surface area contributed by atoms with Crippen molar-refractivity contribution >= 4 is 11.7 Å². The lowest BCUT2D eigenvalue weighted by Crippen LogP contribution is -2.47. The molecule has 1 spiro atoms. The molecule has 1 aromatic carbocycles. The smallest absolute Gasteiger partial charge is 0.257 e. The molecule has 0 bridgehead atoms. The fourth-order valence-corrected chi connectivity index (χ4v) is 5.73. The summed E-state index contributed by atoms with van der Waals surface area (Å²) in [4.78, 5) is 31.4. The van der Waals surface area contributed by atoms with Gasteiger partial charge in [-0.15, -0.1) is 0 Å². The van der Waals surface area contributed by atoms with Gasteiger partial charge in [0.25, 0.3) is 5.91 Å². The molecule has 2 aliphatic heterocycles. The molecule has 0 aliphatic carbocycles. The number of aromatic nitrogens is 3. The maximum Gasteiger partial charge on any atom is 0.257 e. The number of ether oxygens (including phenoxy) is 1. The maximum absolute atomic E-state index is 13.6. The van der Waals surface area contributed by atoms with Gasteiger partial charge in [-0.05, 0) is 81.9 Å². The van der Waals surface area contributed by atoms with E-state index in [2.05, 4.69) is 33.8 Å². The van der Waals surface area contributed by atoms with E-state index in [0.29, 0.717) is 22.5 Å². The maximum atomic E-state index is 13.6. The molecule has 0 saturated carbocycles. The first-order chi connectivity index (χ1) is 17.9. The summed E-state index contributed by atoms with van der Waals surface area (Å²) in [5.41, 5.74) is 11.2. The quantitative estimate of drug-likeness (QED) is 0.558. The van der Waals surface area contributed by atoms with Gasteiger partial charge in [0.2, 0.25) is 0 Å². The number of piperidine rings is 2. The molecule has 194 valence electrons. The number of carbonyl (C=O) groups is 1. The number of amides is 1. The Bertz CT molecular complexity index is 1260. The summed E-state index contributed by atoms with van der Waals surface area (Å²) < 4.78 is 5.73. The van der Waals surface area contributed by atoms with E-state index >= 15 is 0 Å². The van der Waals surface area contributed by atoms with Crippen molar-refractivity contribution in [2.45, 2.75) is 39.0 Å². The van der Waals surface area contributed by atoms with Crippen LogP contribution >= 0.6 is 0 Å². The predicted octanol–water partition coefficient (Wildman–Crippen LogP) is 4.31. The highest BCUT2D eigenvalue weighted by Gasteiger charge is 2.38. The minimum absolute atomic E-state index is 0.0334. The summed E-state index contributed by atoms with van der Waals surface area (Å²) in [5, 5.41) is 0. The Morgan fingerprint density at radius 1 is 1.00 bits per heavy atom. The number of methoxy groups -OCH3 is 1. The van der Waals surface area contributed by atoms with Gasteiger partial charge in [0, 0.05) is 36.0 Å². The number of benzene rings is 1. The molecule has 2 aliphatic rings. The van der Waals surface area contributed by atoms with Crippen LogP contribution in [0.1, 0.15) is 48.7 Å². The first kappa shape index (κ1) is 25.1. The zero-order valence-corrected chi connectivity index (χ0v) is 22.0. The average molecular weight is 501 g/mol. The third-order valence-electron chi connectivity index (χ3n) is 8.20. The van der Waals surface area contributed by atoms with Crippen LogP contribution in [-0.2, 0) is 6.42 Å². The Hall–Kier alpha value is -3.52. The van der Waals surface area contributed by atoms with Gasteiger partial charge in [-0.2, -0.15) is 0 Å². The first-order valence-corrected chi connectivity index (χ1v) is 13.1. The molecule has 37 heavy (non-hydrogen) atoms. The molecule has 0 unspecified atom stereocenters. The van der Waals surface area contributed by atoms with E-state index in [1.165, 1.54) is 12.8 Å². The fraction of sp³-hybridized carbons (Fsp3) is 0.448. The Kier molecular flexibility index (Phi) is 7.11. The van der Waals surface area contributed by atoms with Crippen LogP contribution in [0.3, 0.4) is 0 Å². The Balaban J connectivity index is 1.42. The standard InChI is InChI=1S/C29H36N6O2/c1-4-23-26(21-6-8-25(30)31-18-21)27(33-19-32-23)20-5-7-22(24(17-20)37-3)28(36)35-15-11-29(12-16-35)9-13-34(2)14-10-29/h5-8,17-19H,4,9-16H2,1-3H3,(H2,30,31). The van der Waals surface area contributed by atoms with Gasteiger partial charge in [0.05, 0.1) is 24.1 Å². The lowest BCUT2D eigenvalue weighted by molar-refractivity contribution is 0.0350. The third kappa shape index (κ3) is 5.03. The number of nitrogens with zero attached hydrogens (tertiary/aromatic N) is 5. The molecule has 5 rings (SSSR count). The van der Waals surface area contributed by atoms with E-state index in [1.807, 2.05) is 29.2 Å². The van der Waals surface area contributed by atoms with Crippen LogP contribution in [0.15, 0.2) is 42.9 Å². The van der Waals surface area contributed by atoms with Crippen molar-refractivity contribution in [2.24, 2.45) is 5.41 Å². The second-order valence-corrected chi connectivity index (χ2v) is 10.4. The molecular weight excluding hydrogens is 464 g/mol. The number of aryl methyl sites for hydroxylation is 1. The summed E-state index contributed by atoms with van der Waals surface area (Å²) in [6.07, 6.45) is 8.69. The van der Waals surface area contributed by atoms with Gasteiger partial charge < -0.3 is 20.3 Å². The number of carbonyl (C=O) groups excluding carboxylic acids is 1. The van der Waals surface area contributed by atoms with Gasteiger partial charge in [0.1, 0.15) is 17.9 Å². The number of nitrogens with two attached hydrogens (primary N) is 1. The van der Waals surface area contributed by atoms with E-state index in [4.69, 9.17) is 10.5 Å². The minimum atomic E-state index is 0.0334. The van der Waals surface area contributed by atoms with Crippen LogP contribution in [-0.4, -0.2) is 71.0 Å². The molecule has 2 fully saturated rings. The molecule has 3 aromatic rings. The molecule has 2 N–H and O–H groups in total. The van der Waals surface area contributed by atoms with Gasteiger partial charge in [0.15, 0.2) is 0 Å². The Morgan fingerprint density at radius 2 is 1.70 bits per heavy atom. The summed E-state index contributed by atoms with van der Waals surface area (Å²) in [7, 11) is 3.81. The number of likely N-dealkylation sites (tertiary alicyclic amines) is 2. The zero-order chi connectivity index (χ0) is 26.0. The third-order valence-corrected chi connectivity index (χ3v) is 8.20. The van der Waals surface area contributed by atoms with Crippen molar-refractivity contribution in [1.29, 1.82) is 0 Å². The number of hydrogen-bond donors (Lipinski definition) is 1. The van der Waals surface area contributed by atoms with Crippen molar-refractivity contribution in [1.82, 2.24) is 24.8 Å². The highest BCUT2D eigenvalue weighted by molar-refractivity contribution is 5.98. The average Bonchev–Trinajstić information content (AvgIpc) is 2.94. The molecule has 8 heteroatoms. The van der Waals surface area contributed by atoms with Gasteiger partial charge in [-0.1, -0.05) is 13.0 Å². The van der Waals surface area contributed by atoms with Crippen molar-refractivity contribution in [3.05, 3.63) is 54.1 Å². The molecule has 0 atom stereocenters. The van der Waals surface area contributed by atoms with E-state index < -0.39 is 0 Å². The second kappa shape index (κ2) is 10.5. The van der Waals surface area contributed by atoms with Crippen LogP contribution in [0.5, 0.6) is 5.75 Å². The predicted molar refractivity (Wildman–Crippen MR) is 145 cm³/mol.